The number of rotatable bonds is 3. The van der Waals surface area contributed by atoms with Crippen molar-refractivity contribution in [1.29, 1.82) is 0 Å². The SMILES string of the molecule is CC1CC1NC(=O)N(C)c1ccccc1C(=O)O. The van der Waals surface area contributed by atoms with E-state index in [1.807, 2.05) is 0 Å². The van der Waals surface area contributed by atoms with E-state index in [1.165, 1.54) is 11.0 Å². The Morgan fingerprint density at radius 1 is 1.39 bits per heavy atom. The Hall–Kier alpha value is -2.04. The second-order valence-electron chi connectivity index (χ2n) is 4.65. The van der Waals surface area contributed by atoms with Crippen LogP contribution in [0.1, 0.15) is 23.7 Å². The van der Waals surface area contributed by atoms with Crippen LogP contribution in [0.5, 0.6) is 0 Å². The zero-order valence-corrected chi connectivity index (χ0v) is 10.4. The molecule has 1 saturated carbocycles. The molecule has 5 heteroatoms. The van der Waals surface area contributed by atoms with Gasteiger partial charge in [-0.25, -0.2) is 9.59 Å². The van der Waals surface area contributed by atoms with Gasteiger partial charge < -0.3 is 10.4 Å². The number of benzene rings is 1. The number of carboxylic acids is 1. The fraction of sp³-hybridized carbons (Fsp3) is 0.385. The number of amides is 2. The maximum absolute atomic E-state index is 11.9. The zero-order valence-electron chi connectivity index (χ0n) is 10.4. The van der Waals surface area contributed by atoms with Crippen LogP contribution in [0.15, 0.2) is 24.3 Å². The largest absolute Gasteiger partial charge is 0.478 e. The molecule has 96 valence electrons. The highest BCUT2D eigenvalue weighted by Gasteiger charge is 2.34. The molecule has 0 aliphatic heterocycles. The summed E-state index contributed by atoms with van der Waals surface area (Å²) >= 11 is 0. The predicted octanol–water partition coefficient (Wildman–Crippen LogP) is 1.94. The Morgan fingerprint density at radius 3 is 2.56 bits per heavy atom. The topological polar surface area (TPSA) is 69.6 Å². The number of hydrogen-bond acceptors (Lipinski definition) is 2. The van der Waals surface area contributed by atoms with Gasteiger partial charge in [0.05, 0.1) is 11.3 Å². The molecular formula is C13H16N2O3. The quantitative estimate of drug-likeness (QED) is 0.858. The summed E-state index contributed by atoms with van der Waals surface area (Å²) in [6.07, 6.45) is 0.986. The fourth-order valence-electron chi connectivity index (χ4n) is 1.83. The van der Waals surface area contributed by atoms with Gasteiger partial charge in [-0.1, -0.05) is 19.1 Å². The number of urea groups is 1. The Bertz CT molecular complexity index is 487. The third-order valence-electron chi connectivity index (χ3n) is 3.22. The van der Waals surface area contributed by atoms with Crippen molar-refractivity contribution < 1.29 is 14.7 Å². The molecule has 2 unspecified atom stereocenters. The van der Waals surface area contributed by atoms with Gasteiger partial charge in [-0.05, 0) is 24.5 Å². The number of nitrogens with one attached hydrogen (secondary N) is 1. The molecule has 1 aliphatic rings. The number of carbonyl (C=O) groups is 2. The van der Waals surface area contributed by atoms with Crippen molar-refractivity contribution in [3.63, 3.8) is 0 Å². The Morgan fingerprint density at radius 2 is 2.00 bits per heavy atom. The van der Waals surface area contributed by atoms with Crippen molar-refractivity contribution in [3.8, 4) is 0 Å². The minimum absolute atomic E-state index is 0.124. The smallest absolute Gasteiger partial charge is 0.337 e. The molecule has 0 saturated heterocycles. The zero-order chi connectivity index (χ0) is 13.3. The van der Waals surface area contributed by atoms with Gasteiger partial charge in [0.2, 0.25) is 0 Å². The predicted molar refractivity (Wildman–Crippen MR) is 67.9 cm³/mol. The number of anilines is 1. The first-order valence-electron chi connectivity index (χ1n) is 5.87. The average Bonchev–Trinajstić information content (AvgIpc) is 3.03. The highest BCUT2D eigenvalue weighted by molar-refractivity contribution is 6.01. The monoisotopic (exact) mass is 248 g/mol. The molecule has 2 N–H and O–H groups in total. The van der Waals surface area contributed by atoms with E-state index in [-0.39, 0.29) is 17.6 Å². The first-order chi connectivity index (χ1) is 8.50. The first kappa shape index (κ1) is 12.4. The Kier molecular flexibility index (Phi) is 3.23. The van der Waals surface area contributed by atoms with Gasteiger partial charge in [0.1, 0.15) is 0 Å². The summed E-state index contributed by atoms with van der Waals surface area (Å²) in [6, 6.07) is 6.42. The lowest BCUT2D eigenvalue weighted by Gasteiger charge is -2.19. The van der Waals surface area contributed by atoms with Gasteiger partial charge in [0, 0.05) is 13.1 Å². The number of carboxylic acid groups (broad SMARTS) is 1. The van der Waals surface area contributed by atoms with E-state index in [2.05, 4.69) is 12.2 Å². The van der Waals surface area contributed by atoms with Gasteiger partial charge in [-0.15, -0.1) is 0 Å². The lowest BCUT2D eigenvalue weighted by atomic mass is 10.1. The molecular weight excluding hydrogens is 232 g/mol. The molecule has 2 rings (SSSR count). The van der Waals surface area contributed by atoms with Crippen LogP contribution in [-0.2, 0) is 0 Å². The van der Waals surface area contributed by atoms with Gasteiger partial charge in [-0.2, -0.15) is 0 Å². The summed E-state index contributed by atoms with van der Waals surface area (Å²) in [5, 5.41) is 11.9. The average molecular weight is 248 g/mol. The highest BCUT2D eigenvalue weighted by Crippen LogP contribution is 2.29. The maximum Gasteiger partial charge on any atom is 0.337 e. The standard InChI is InChI=1S/C13H16N2O3/c1-8-7-10(8)14-13(18)15(2)11-6-4-3-5-9(11)12(16)17/h3-6,8,10H,7H2,1-2H3,(H,14,18)(H,16,17). The van der Waals surface area contributed by atoms with E-state index < -0.39 is 5.97 Å². The molecule has 0 aromatic heterocycles. The number of carbonyl (C=O) groups excluding carboxylic acids is 1. The van der Waals surface area contributed by atoms with Gasteiger partial charge in [0.15, 0.2) is 0 Å². The van der Waals surface area contributed by atoms with Crippen molar-refractivity contribution in [2.75, 3.05) is 11.9 Å². The van der Waals surface area contributed by atoms with Crippen LogP contribution in [-0.4, -0.2) is 30.2 Å². The minimum Gasteiger partial charge on any atom is -0.478 e. The summed E-state index contributed by atoms with van der Waals surface area (Å²) < 4.78 is 0. The van der Waals surface area contributed by atoms with Crippen molar-refractivity contribution in [1.82, 2.24) is 5.32 Å². The molecule has 2 amide bonds. The summed E-state index contributed by atoms with van der Waals surface area (Å²) in [6.45, 7) is 2.07. The van der Waals surface area contributed by atoms with Crippen LogP contribution in [0.3, 0.4) is 0 Å². The molecule has 1 aromatic rings. The molecule has 18 heavy (non-hydrogen) atoms. The molecule has 5 nitrogen and oxygen atoms in total. The molecule has 0 spiro atoms. The summed E-state index contributed by atoms with van der Waals surface area (Å²) in [7, 11) is 1.57. The van der Waals surface area contributed by atoms with Crippen LogP contribution in [0, 0.1) is 5.92 Å². The van der Waals surface area contributed by atoms with Gasteiger partial charge in [-0.3, -0.25) is 4.90 Å². The molecule has 0 bridgehead atoms. The third-order valence-corrected chi connectivity index (χ3v) is 3.22. The maximum atomic E-state index is 11.9. The summed E-state index contributed by atoms with van der Waals surface area (Å²) in [4.78, 5) is 24.4. The van der Waals surface area contributed by atoms with Crippen LogP contribution in [0.25, 0.3) is 0 Å². The lowest BCUT2D eigenvalue weighted by Crippen LogP contribution is -2.39. The first-order valence-corrected chi connectivity index (χ1v) is 5.87. The van der Waals surface area contributed by atoms with E-state index in [9.17, 15) is 9.59 Å². The molecule has 1 fully saturated rings. The fourth-order valence-corrected chi connectivity index (χ4v) is 1.83. The number of hydrogen-bond donors (Lipinski definition) is 2. The van der Waals surface area contributed by atoms with Crippen molar-refractivity contribution in [2.45, 2.75) is 19.4 Å². The van der Waals surface area contributed by atoms with Crippen LogP contribution < -0.4 is 10.2 Å². The van der Waals surface area contributed by atoms with Crippen LogP contribution in [0.4, 0.5) is 10.5 Å². The van der Waals surface area contributed by atoms with Gasteiger partial charge >= 0.3 is 12.0 Å². The van der Waals surface area contributed by atoms with Crippen molar-refractivity contribution in [3.05, 3.63) is 29.8 Å². The molecule has 0 heterocycles. The number of nitrogens with zero attached hydrogens (tertiary/aromatic N) is 1. The Labute approximate surface area is 105 Å². The highest BCUT2D eigenvalue weighted by atomic mass is 16.4. The second-order valence-corrected chi connectivity index (χ2v) is 4.65. The summed E-state index contributed by atoms with van der Waals surface area (Å²) in [5.74, 6) is -0.526. The number of para-hydroxylation sites is 1. The molecule has 1 aliphatic carbocycles. The minimum atomic E-state index is -1.04. The van der Waals surface area contributed by atoms with E-state index in [0.29, 0.717) is 11.6 Å². The van der Waals surface area contributed by atoms with Gasteiger partial charge in [0.25, 0.3) is 0 Å². The summed E-state index contributed by atoms with van der Waals surface area (Å²) in [5.41, 5.74) is 0.523. The number of aromatic carboxylic acids is 1. The van der Waals surface area contributed by atoms with E-state index in [1.54, 1.807) is 25.2 Å². The van der Waals surface area contributed by atoms with Crippen molar-refractivity contribution in [2.24, 2.45) is 5.92 Å². The third kappa shape index (κ3) is 2.45. The molecule has 0 radical (unpaired) electrons. The Balaban J connectivity index is 2.14. The molecule has 1 aromatic carbocycles. The van der Waals surface area contributed by atoms with E-state index in [0.717, 1.165) is 6.42 Å². The van der Waals surface area contributed by atoms with E-state index >= 15 is 0 Å². The lowest BCUT2D eigenvalue weighted by molar-refractivity contribution is 0.0697. The van der Waals surface area contributed by atoms with Crippen LogP contribution in [0.2, 0.25) is 0 Å². The van der Waals surface area contributed by atoms with Crippen LogP contribution >= 0.6 is 0 Å². The normalized spacial score (nSPS) is 21.2. The second kappa shape index (κ2) is 4.68. The van der Waals surface area contributed by atoms with Crippen molar-refractivity contribution >= 4 is 17.7 Å². The van der Waals surface area contributed by atoms with E-state index in [4.69, 9.17) is 5.11 Å². The molecule has 2 atom stereocenters.